The van der Waals surface area contributed by atoms with Gasteiger partial charge in [-0.2, -0.15) is 0 Å². The van der Waals surface area contributed by atoms with Gasteiger partial charge < -0.3 is 37.7 Å². The highest BCUT2D eigenvalue weighted by Crippen LogP contribution is 2.25. The van der Waals surface area contributed by atoms with E-state index in [4.69, 9.17) is 21.9 Å². The number of carboxylic acids is 1. The van der Waals surface area contributed by atoms with Crippen molar-refractivity contribution < 1.29 is 33.8 Å². The second-order valence-electron chi connectivity index (χ2n) is 14.8. The Morgan fingerprint density at radius 2 is 1.07 bits per heavy atom. The Bertz CT molecular complexity index is 1100. The first-order chi connectivity index (χ1) is 25.9. The molecule has 4 amide bonds. The summed E-state index contributed by atoms with van der Waals surface area (Å²) in [4.78, 5) is 71.6. The fourth-order valence-corrected chi connectivity index (χ4v) is 6.53. The van der Waals surface area contributed by atoms with Crippen molar-refractivity contribution in [3.8, 4) is 0 Å². The Hall–Kier alpha value is -2.84. The second kappa shape index (κ2) is 36.5. The number of carbonyl (C=O) groups excluding carboxylic acids is 4. The molecular weight excluding hydrogens is 761 g/mol. The number of nitrogens with zero attached hydrogens (tertiary/aromatic N) is 2. The number of nitrogens with one attached hydrogen (secondary N) is 2. The highest BCUT2D eigenvalue weighted by atomic mass is 35.5. The van der Waals surface area contributed by atoms with Crippen molar-refractivity contribution >= 4 is 60.6 Å². The minimum atomic E-state index is -2.80. The largest absolute Gasteiger partial charge is 0.478 e. The number of aliphatic carboxylic acids is 1. The van der Waals surface area contributed by atoms with E-state index in [0.717, 1.165) is 51.4 Å². The van der Waals surface area contributed by atoms with Gasteiger partial charge in [0, 0.05) is 19.4 Å². The summed E-state index contributed by atoms with van der Waals surface area (Å²) >= 11 is 0. The van der Waals surface area contributed by atoms with Crippen LogP contribution in [0.4, 0.5) is 4.79 Å². The first kappa shape index (κ1) is 57.5. The average Bonchev–Trinajstić information content (AvgIpc) is 3.11. The number of guanidine groups is 1. The normalized spacial score (nSPS) is 12.3. The van der Waals surface area contributed by atoms with Crippen LogP contribution in [0.3, 0.4) is 0 Å². The third-order valence-electron chi connectivity index (χ3n) is 9.52. The molecular formula is C40H79Cl2N7O7. The van der Waals surface area contributed by atoms with Crippen molar-refractivity contribution in [3.63, 3.8) is 0 Å². The number of carbonyl (C=O) groups is 5. The Morgan fingerprint density at radius 3 is 1.43 bits per heavy atom. The molecule has 14 nitrogen and oxygen atoms in total. The predicted octanol–water partition coefficient (Wildman–Crippen LogP) is 7.61. The van der Waals surface area contributed by atoms with Gasteiger partial charge in [-0.25, -0.2) is 14.5 Å². The van der Waals surface area contributed by atoms with Gasteiger partial charge in [0.1, 0.15) is 0 Å². The van der Waals surface area contributed by atoms with Crippen LogP contribution < -0.4 is 27.8 Å². The van der Waals surface area contributed by atoms with Crippen molar-refractivity contribution in [3.05, 3.63) is 0 Å². The van der Waals surface area contributed by atoms with Gasteiger partial charge in [-0.05, 0) is 33.1 Å². The highest BCUT2D eigenvalue weighted by molar-refractivity contribution is 6.01. The fourth-order valence-electron chi connectivity index (χ4n) is 6.53. The van der Waals surface area contributed by atoms with E-state index in [-0.39, 0.29) is 56.6 Å². The number of halogens is 2. The van der Waals surface area contributed by atoms with Crippen LogP contribution in [0.25, 0.3) is 0 Å². The quantitative estimate of drug-likeness (QED) is 0.0161. The molecule has 0 aliphatic heterocycles. The molecule has 0 radical (unpaired) electrons. The third kappa shape index (κ3) is 26.1. The van der Waals surface area contributed by atoms with Gasteiger partial charge in [-0.1, -0.05) is 142 Å². The van der Waals surface area contributed by atoms with Crippen molar-refractivity contribution in [2.75, 3.05) is 13.1 Å². The molecule has 0 rings (SSSR count). The molecule has 0 aliphatic carbocycles. The number of aliphatic imine (C=N–C) groups is 1. The number of imide groups is 1. The van der Waals surface area contributed by atoms with Crippen LogP contribution in [-0.2, 0) is 23.9 Å². The molecule has 0 saturated heterocycles. The number of unbranched alkanes of at least 4 members (excludes halogenated alkanes) is 20. The SMILES string of the molecule is CCCCCCCCCCCCCC(=O)NC(CCN=C(N)N)[C@@](NC(=O)CCCCCCCCCCCCC)(C(=O)O)N(C(=O)CN)C(=O)OC(C)C.Cl.Cl. The van der Waals surface area contributed by atoms with Crippen molar-refractivity contribution in [2.24, 2.45) is 22.2 Å². The lowest BCUT2D eigenvalue weighted by Crippen LogP contribution is -2.77. The zero-order valence-corrected chi connectivity index (χ0v) is 36.7. The molecule has 0 aliphatic rings. The smallest absolute Gasteiger partial charge is 0.419 e. The van der Waals surface area contributed by atoms with E-state index in [0.29, 0.717) is 17.7 Å². The molecule has 1 unspecified atom stereocenters. The molecule has 56 heavy (non-hydrogen) atoms. The van der Waals surface area contributed by atoms with E-state index in [2.05, 4.69) is 29.5 Å². The number of amides is 4. The van der Waals surface area contributed by atoms with Crippen LogP contribution in [0.2, 0.25) is 0 Å². The maximum Gasteiger partial charge on any atom is 0.419 e. The molecule has 16 heteroatoms. The van der Waals surface area contributed by atoms with Crippen molar-refractivity contribution in [1.29, 1.82) is 0 Å². The summed E-state index contributed by atoms with van der Waals surface area (Å²) in [5.74, 6) is -4.39. The minimum Gasteiger partial charge on any atom is -0.478 e. The fraction of sp³-hybridized carbons (Fsp3) is 0.850. The average molecular weight is 841 g/mol. The number of ether oxygens (including phenoxy) is 1. The predicted molar refractivity (Wildman–Crippen MR) is 230 cm³/mol. The number of carboxylic acid groups (broad SMARTS) is 1. The molecule has 0 aromatic carbocycles. The molecule has 0 aromatic rings. The number of hydrogen-bond acceptors (Lipinski definition) is 8. The lowest BCUT2D eigenvalue weighted by Gasteiger charge is -2.44. The minimum absolute atomic E-state index is 0. The topological polar surface area (TPSA) is 233 Å². The van der Waals surface area contributed by atoms with E-state index in [1.165, 1.54) is 90.9 Å². The summed E-state index contributed by atoms with van der Waals surface area (Å²) in [5.41, 5.74) is 14.0. The van der Waals surface area contributed by atoms with Crippen LogP contribution in [0, 0.1) is 0 Å². The zero-order chi connectivity index (χ0) is 40.6. The Morgan fingerprint density at radius 1 is 0.679 bits per heavy atom. The molecule has 330 valence electrons. The van der Waals surface area contributed by atoms with E-state index in [1.807, 2.05) is 0 Å². The standard InChI is InChI=1S/C40H77N7O7.2ClH/c1-5-7-9-11-13-15-17-19-21-23-25-27-34(48)45-33(29-30-44-38(42)43)40(37(51)52,47(36(50)31-41)39(53)54-32(3)4)46-35(49)28-26-24-22-20-18-16-14-12-10-8-6-2;;/h32-33H,5-31,41H2,1-4H3,(H,45,48)(H,46,49)(H,51,52)(H4,42,43,44);2*1H/t33?,40-;;/m0../s1. The first-order valence-electron chi connectivity index (χ1n) is 21.0. The summed E-state index contributed by atoms with van der Waals surface area (Å²) in [5, 5.41) is 16.1. The Balaban J connectivity index is -0.0000140. The van der Waals surface area contributed by atoms with Crippen LogP contribution in [-0.4, -0.2) is 76.6 Å². The summed E-state index contributed by atoms with van der Waals surface area (Å²) in [6.07, 6.45) is 21.4. The molecule has 9 N–H and O–H groups in total. The molecule has 0 aromatic heterocycles. The zero-order valence-electron chi connectivity index (χ0n) is 35.1. The summed E-state index contributed by atoms with van der Waals surface area (Å²) in [6.45, 7) is 6.51. The highest BCUT2D eigenvalue weighted by Gasteiger charge is 2.57. The molecule has 0 heterocycles. The van der Waals surface area contributed by atoms with Gasteiger partial charge in [0.25, 0.3) is 0 Å². The van der Waals surface area contributed by atoms with Crippen LogP contribution >= 0.6 is 24.8 Å². The number of hydrogen-bond donors (Lipinski definition) is 6. The van der Waals surface area contributed by atoms with Crippen LogP contribution in [0.1, 0.15) is 188 Å². The van der Waals surface area contributed by atoms with Gasteiger partial charge in [0.2, 0.25) is 23.4 Å². The lowest BCUT2D eigenvalue weighted by molar-refractivity contribution is -0.165. The third-order valence-corrected chi connectivity index (χ3v) is 9.52. The van der Waals surface area contributed by atoms with E-state index in [1.54, 1.807) is 0 Å². The van der Waals surface area contributed by atoms with Gasteiger partial charge in [0.05, 0.1) is 18.7 Å². The van der Waals surface area contributed by atoms with Gasteiger partial charge >= 0.3 is 12.1 Å². The van der Waals surface area contributed by atoms with E-state index >= 15 is 0 Å². The second-order valence-corrected chi connectivity index (χ2v) is 14.8. The van der Waals surface area contributed by atoms with Crippen molar-refractivity contribution in [2.45, 2.75) is 206 Å². The number of nitrogens with two attached hydrogens (primary N) is 3. The maximum absolute atomic E-state index is 13.6. The number of rotatable bonds is 34. The Labute approximate surface area is 350 Å². The van der Waals surface area contributed by atoms with Crippen LogP contribution in [0.5, 0.6) is 0 Å². The molecule has 0 saturated carbocycles. The lowest BCUT2D eigenvalue weighted by atomic mass is 9.93. The Kier molecular flexibility index (Phi) is 37.5. The summed E-state index contributed by atoms with van der Waals surface area (Å²) < 4.78 is 5.30. The van der Waals surface area contributed by atoms with Gasteiger partial charge in [0.15, 0.2) is 5.96 Å². The van der Waals surface area contributed by atoms with Crippen molar-refractivity contribution in [1.82, 2.24) is 15.5 Å². The van der Waals surface area contributed by atoms with Gasteiger partial charge in [-0.3, -0.25) is 19.4 Å². The molecule has 0 spiro atoms. The first-order valence-corrected chi connectivity index (χ1v) is 21.0. The summed E-state index contributed by atoms with van der Waals surface area (Å²) in [6, 6.07) is -1.55. The molecule has 0 fully saturated rings. The van der Waals surface area contributed by atoms with Gasteiger partial charge in [-0.15, -0.1) is 24.8 Å². The van der Waals surface area contributed by atoms with Crippen LogP contribution in [0.15, 0.2) is 4.99 Å². The van der Waals surface area contributed by atoms with E-state index in [9.17, 15) is 29.1 Å². The molecule has 2 atom stereocenters. The summed E-state index contributed by atoms with van der Waals surface area (Å²) in [7, 11) is 0. The monoisotopic (exact) mass is 840 g/mol. The van der Waals surface area contributed by atoms with E-state index < -0.39 is 54.1 Å². The molecule has 0 bridgehead atoms. The maximum atomic E-state index is 13.6.